The molecular weight excluding hydrogens is 366 g/mol. The van der Waals surface area contributed by atoms with Crippen LogP contribution in [0.15, 0.2) is 65.6 Å². The molecule has 0 unspecified atom stereocenters. The third-order valence-electron chi connectivity index (χ3n) is 4.90. The van der Waals surface area contributed by atoms with Crippen molar-refractivity contribution in [1.29, 1.82) is 0 Å². The molecule has 0 aliphatic carbocycles. The normalized spacial score (nSPS) is 12.1. The number of rotatable bonds is 4. The third-order valence-corrected chi connectivity index (χ3v) is 4.90. The van der Waals surface area contributed by atoms with Crippen LogP contribution in [0.25, 0.3) is 16.5 Å². The number of nitrogens with two attached hydrogens (primary N) is 1. The lowest BCUT2D eigenvalue weighted by Gasteiger charge is -2.22. The van der Waals surface area contributed by atoms with Crippen molar-refractivity contribution in [2.75, 3.05) is 11.1 Å². The van der Waals surface area contributed by atoms with E-state index in [4.69, 9.17) is 5.73 Å². The molecule has 2 aromatic carbocycles. The highest BCUT2D eigenvalue weighted by Crippen LogP contribution is 2.27. The Morgan fingerprint density at radius 2 is 1.90 bits per heavy atom. The lowest BCUT2D eigenvalue weighted by atomic mass is 10.0. The van der Waals surface area contributed by atoms with Gasteiger partial charge in [-0.1, -0.05) is 36.4 Å². The molecule has 7 heteroatoms. The van der Waals surface area contributed by atoms with Gasteiger partial charge in [0.15, 0.2) is 5.82 Å². The van der Waals surface area contributed by atoms with E-state index >= 15 is 0 Å². The Labute approximate surface area is 167 Å². The summed E-state index contributed by atoms with van der Waals surface area (Å²) in [6.07, 6.45) is 1.34. The van der Waals surface area contributed by atoms with Crippen LogP contribution < -0.4 is 16.6 Å². The number of anilines is 2. The Bertz CT molecular complexity index is 1250. The molecule has 0 aliphatic heterocycles. The maximum atomic E-state index is 13.5. The summed E-state index contributed by atoms with van der Waals surface area (Å²) in [5.74, 6) is 0.307. The van der Waals surface area contributed by atoms with Gasteiger partial charge in [-0.05, 0) is 43.0 Å². The number of aryl methyl sites for hydroxylation is 1. The van der Waals surface area contributed by atoms with E-state index in [0.29, 0.717) is 16.9 Å². The average Bonchev–Trinajstić information content (AvgIpc) is 2.71. The Hall–Kier alpha value is -3.87. The maximum absolute atomic E-state index is 13.5. The van der Waals surface area contributed by atoms with Crippen molar-refractivity contribution in [3.8, 4) is 11.7 Å². The fraction of sp³-hybridized carbons (Fsp3) is 0.136. The lowest BCUT2D eigenvalue weighted by molar-refractivity contribution is 0.431. The zero-order valence-corrected chi connectivity index (χ0v) is 16.1. The molecule has 0 saturated carbocycles. The number of aromatic nitrogens is 3. The van der Waals surface area contributed by atoms with Crippen LogP contribution in [-0.4, -0.2) is 19.6 Å². The Kier molecular flexibility index (Phi) is 4.64. The van der Waals surface area contributed by atoms with Crippen molar-refractivity contribution in [2.24, 2.45) is 0 Å². The van der Waals surface area contributed by atoms with Gasteiger partial charge in [0.1, 0.15) is 0 Å². The highest BCUT2D eigenvalue weighted by atomic mass is 16.3. The quantitative estimate of drug-likeness (QED) is 0.494. The number of para-hydroxylation sites is 1. The van der Waals surface area contributed by atoms with E-state index in [1.807, 2.05) is 68.4 Å². The molecule has 0 fully saturated rings. The molecule has 0 amide bonds. The van der Waals surface area contributed by atoms with E-state index < -0.39 is 0 Å². The number of hydrogen-bond donors (Lipinski definition) is 3. The van der Waals surface area contributed by atoms with Crippen LogP contribution in [0.5, 0.6) is 6.01 Å². The number of benzene rings is 2. The number of fused-ring (bicyclic) bond motifs is 1. The van der Waals surface area contributed by atoms with Crippen LogP contribution in [0.1, 0.15) is 24.2 Å². The van der Waals surface area contributed by atoms with Gasteiger partial charge in [-0.15, -0.1) is 0 Å². The minimum absolute atomic E-state index is 0.0889. The average molecular weight is 387 g/mol. The summed E-state index contributed by atoms with van der Waals surface area (Å²) in [4.78, 5) is 21.1. The molecular formula is C22H21N5O2. The van der Waals surface area contributed by atoms with Gasteiger partial charge in [-0.25, -0.2) is 4.98 Å². The molecule has 4 N–H and O–H groups in total. The number of aromatic hydroxyl groups is 1. The van der Waals surface area contributed by atoms with E-state index in [1.165, 1.54) is 6.20 Å². The summed E-state index contributed by atoms with van der Waals surface area (Å²) in [6, 6.07) is 16.6. The Balaban J connectivity index is 1.93. The first-order chi connectivity index (χ1) is 14.0. The van der Waals surface area contributed by atoms with Gasteiger partial charge in [0.2, 0.25) is 0 Å². The van der Waals surface area contributed by atoms with E-state index in [9.17, 15) is 9.90 Å². The zero-order chi connectivity index (χ0) is 20.5. The molecule has 146 valence electrons. The summed E-state index contributed by atoms with van der Waals surface area (Å²) >= 11 is 0. The summed E-state index contributed by atoms with van der Waals surface area (Å²) < 4.78 is 1.70. The monoisotopic (exact) mass is 387 g/mol. The number of nitrogens with one attached hydrogen (secondary N) is 1. The number of nitrogen functional groups attached to an aromatic ring is 1. The van der Waals surface area contributed by atoms with Crippen LogP contribution in [0.4, 0.5) is 11.5 Å². The van der Waals surface area contributed by atoms with Crippen molar-refractivity contribution in [3.63, 3.8) is 0 Å². The van der Waals surface area contributed by atoms with Crippen LogP contribution in [0, 0.1) is 6.92 Å². The molecule has 2 heterocycles. The van der Waals surface area contributed by atoms with Gasteiger partial charge in [-0.3, -0.25) is 9.36 Å². The number of pyridine rings is 1. The first kappa shape index (κ1) is 18.5. The Morgan fingerprint density at radius 3 is 2.66 bits per heavy atom. The van der Waals surface area contributed by atoms with Gasteiger partial charge in [0.25, 0.3) is 5.56 Å². The smallest absolute Gasteiger partial charge is 0.315 e. The molecule has 4 aromatic rings. The number of hydrogen-bond acceptors (Lipinski definition) is 6. The summed E-state index contributed by atoms with van der Waals surface area (Å²) in [6.45, 7) is 3.85. The molecule has 29 heavy (non-hydrogen) atoms. The van der Waals surface area contributed by atoms with E-state index in [0.717, 1.165) is 22.3 Å². The van der Waals surface area contributed by atoms with Crippen molar-refractivity contribution in [3.05, 3.63) is 82.4 Å². The predicted molar refractivity (Wildman–Crippen MR) is 114 cm³/mol. The number of nitrogens with zero attached hydrogens (tertiary/aromatic N) is 3. The van der Waals surface area contributed by atoms with Crippen molar-refractivity contribution in [1.82, 2.24) is 14.5 Å². The third kappa shape index (κ3) is 3.38. The minimum Gasteiger partial charge on any atom is -0.479 e. The summed E-state index contributed by atoms with van der Waals surface area (Å²) in [7, 11) is 0. The van der Waals surface area contributed by atoms with E-state index in [-0.39, 0.29) is 17.6 Å². The molecule has 0 spiro atoms. The van der Waals surface area contributed by atoms with Crippen molar-refractivity contribution >= 4 is 22.3 Å². The standard InChI is InChI=1S/C22H21N5O2/c1-13-7-6-8-15-11-18(14(2)25-20-17(23)12-24-22(29)26-20)27(21(28)19(13)15)16-9-4-3-5-10-16/h3-12,14H,23H2,1-2H3,(H2,24,25,26,29)/t14-/m1/s1. The SMILES string of the molecule is Cc1cccc2cc([C@@H](C)Nc3nc(O)ncc3N)n(-c3ccccc3)c(=O)c12. The molecule has 0 radical (unpaired) electrons. The summed E-state index contributed by atoms with van der Waals surface area (Å²) in [5, 5.41) is 14.3. The fourth-order valence-corrected chi connectivity index (χ4v) is 3.49. The van der Waals surface area contributed by atoms with Crippen LogP contribution >= 0.6 is 0 Å². The lowest BCUT2D eigenvalue weighted by Crippen LogP contribution is -2.26. The molecule has 1 atom stereocenters. The second-order valence-corrected chi connectivity index (χ2v) is 6.92. The molecule has 7 nitrogen and oxygen atoms in total. The van der Waals surface area contributed by atoms with Crippen molar-refractivity contribution < 1.29 is 5.11 Å². The maximum Gasteiger partial charge on any atom is 0.315 e. The predicted octanol–water partition coefficient (Wildman–Crippen LogP) is 3.55. The molecule has 0 aliphatic rings. The van der Waals surface area contributed by atoms with Gasteiger partial charge in [0, 0.05) is 11.4 Å². The van der Waals surface area contributed by atoms with E-state index in [2.05, 4.69) is 15.3 Å². The second-order valence-electron chi connectivity index (χ2n) is 6.92. The zero-order valence-electron chi connectivity index (χ0n) is 16.1. The van der Waals surface area contributed by atoms with E-state index in [1.54, 1.807) is 4.57 Å². The largest absolute Gasteiger partial charge is 0.479 e. The Morgan fingerprint density at radius 1 is 1.14 bits per heavy atom. The fourth-order valence-electron chi connectivity index (χ4n) is 3.49. The first-order valence-corrected chi connectivity index (χ1v) is 9.24. The molecule has 2 aromatic heterocycles. The summed E-state index contributed by atoms with van der Waals surface area (Å²) in [5.41, 5.74) is 8.60. The van der Waals surface area contributed by atoms with Gasteiger partial charge < -0.3 is 16.2 Å². The van der Waals surface area contributed by atoms with Gasteiger partial charge in [-0.2, -0.15) is 4.98 Å². The minimum atomic E-state index is -0.372. The first-order valence-electron chi connectivity index (χ1n) is 9.24. The van der Waals surface area contributed by atoms with Gasteiger partial charge in [0.05, 0.1) is 23.3 Å². The molecule has 0 bridgehead atoms. The van der Waals surface area contributed by atoms with Crippen LogP contribution in [0.3, 0.4) is 0 Å². The van der Waals surface area contributed by atoms with Crippen LogP contribution in [0.2, 0.25) is 0 Å². The second kappa shape index (κ2) is 7.27. The topological polar surface area (TPSA) is 106 Å². The molecule has 4 rings (SSSR count). The van der Waals surface area contributed by atoms with Crippen LogP contribution in [-0.2, 0) is 0 Å². The highest BCUT2D eigenvalue weighted by molar-refractivity contribution is 5.85. The highest BCUT2D eigenvalue weighted by Gasteiger charge is 2.18. The van der Waals surface area contributed by atoms with Crippen molar-refractivity contribution in [2.45, 2.75) is 19.9 Å². The molecule has 0 saturated heterocycles. The van der Waals surface area contributed by atoms with Gasteiger partial charge >= 0.3 is 6.01 Å².